The quantitative estimate of drug-likeness (QED) is 0.577. The Morgan fingerprint density at radius 1 is 1.50 bits per heavy atom. The first kappa shape index (κ1) is 8.39. The summed E-state index contributed by atoms with van der Waals surface area (Å²) < 4.78 is 5.65. The highest BCUT2D eigenvalue weighted by molar-refractivity contribution is 8.02. The first-order valence-electron chi connectivity index (χ1n) is 4.55. The van der Waals surface area contributed by atoms with Gasteiger partial charge in [0.05, 0.1) is 12.7 Å². The molecule has 1 nitrogen and oxygen atoms in total. The fourth-order valence-electron chi connectivity index (χ4n) is 1.56. The lowest BCUT2D eigenvalue weighted by molar-refractivity contribution is 0.101. The molecular weight excluding hydrogens is 168 g/mol. The maximum absolute atomic E-state index is 5.65. The lowest BCUT2D eigenvalue weighted by atomic mass is 10.0. The molecule has 0 saturated heterocycles. The van der Waals surface area contributed by atoms with Crippen LogP contribution in [0.3, 0.4) is 0 Å². The fraction of sp³-hybridized carbons (Fsp3) is 0.600. The van der Waals surface area contributed by atoms with Crippen molar-refractivity contribution in [3.05, 3.63) is 23.1 Å². The molecule has 0 aromatic carbocycles. The first-order chi connectivity index (χ1) is 5.97. The molecule has 2 aliphatic heterocycles. The van der Waals surface area contributed by atoms with Gasteiger partial charge in [-0.2, -0.15) is 0 Å². The first-order valence-corrected chi connectivity index (χ1v) is 5.60. The Bertz CT molecular complexity index is 208. The van der Waals surface area contributed by atoms with Gasteiger partial charge >= 0.3 is 0 Å². The number of ether oxygens (including phenoxy) is 1. The molecule has 0 saturated carbocycles. The molecule has 12 heavy (non-hydrogen) atoms. The molecule has 0 aromatic rings. The van der Waals surface area contributed by atoms with E-state index < -0.39 is 0 Å². The summed E-state index contributed by atoms with van der Waals surface area (Å²) in [6.45, 7) is 0.892. The van der Waals surface area contributed by atoms with Crippen LogP contribution in [0.15, 0.2) is 23.1 Å². The third-order valence-electron chi connectivity index (χ3n) is 2.22. The minimum Gasteiger partial charge on any atom is -0.369 e. The van der Waals surface area contributed by atoms with E-state index in [2.05, 4.69) is 17.6 Å². The smallest absolute Gasteiger partial charge is 0.0974 e. The predicted octanol–water partition coefficient (Wildman–Crippen LogP) is 2.74. The summed E-state index contributed by atoms with van der Waals surface area (Å²) in [5, 5.41) is 2.28. The zero-order valence-electron chi connectivity index (χ0n) is 7.16. The lowest BCUT2D eigenvalue weighted by Crippen LogP contribution is -2.18. The van der Waals surface area contributed by atoms with Gasteiger partial charge in [0.25, 0.3) is 0 Å². The van der Waals surface area contributed by atoms with Crippen molar-refractivity contribution in [1.29, 1.82) is 0 Å². The van der Waals surface area contributed by atoms with Crippen molar-refractivity contribution in [2.45, 2.75) is 25.4 Å². The molecule has 0 fully saturated rings. The number of hydrogen-bond donors (Lipinski definition) is 0. The molecule has 2 rings (SSSR count). The molecule has 66 valence electrons. The van der Waals surface area contributed by atoms with Gasteiger partial charge in [-0.1, -0.05) is 12.2 Å². The number of rotatable bonds is 1. The normalized spacial score (nSPS) is 30.0. The molecule has 1 atom stereocenters. The van der Waals surface area contributed by atoms with Gasteiger partial charge in [0.1, 0.15) is 0 Å². The molecule has 0 aliphatic carbocycles. The second-order valence-electron chi connectivity index (χ2n) is 3.18. The van der Waals surface area contributed by atoms with Crippen LogP contribution in [0.2, 0.25) is 0 Å². The van der Waals surface area contributed by atoms with E-state index in [1.165, 1.54) is 24.2 Å². The molecule has 0 bridgehead atoms. The van der Waals surface area contributed by atoms with Crippen LogP contribution in [0.25, 0.3) is 0 Å². The Morgan fingerprint density at radius 2 is 2.50 bits per heavy atom. The van der Waals surface area contributed by atoms with Gasteiger partial charge < -0.3 is 4.74 Å². The van der Waals surface area contributed by atoms with Crippen LogP contribution in [0.1, 0.15) is 19.3 Å². The molecule has 0 N–H and O–H groups in total. The van der Waals surface area contributed by atoms with Crippen LogP contribution < -0.4 is 0 Å². The Morgan fingerprint density at radius 3 is 3.17 bits per heavy atom. The van der Waals surface area contributed by atoms with Crippen molar-refractivity contribution >= 4 is 11.8 Å². The van der Waals surface area contributed by atoms with Gasteiger partial charge in [-0.15, -0.1) is 11.8 Å². The van der Waals surface area contributed by atoms with Crippen LogP contribution in [0.4, 0.5) is 0 Å². The van der Waals surface area contributed by atoms with Gasteiger partial charge in [0.15, 0.2) is 0 Å². The standard InChI is InChI=1S/C10H14OS/c1-2-6-11-10(5-1)9-4-3-7-12-8-9/h1,5,8,10H,2-4,6-7H2. The Kier molecular flexibility index (Phi) is 2.90. The predicted molar refractivity (Wildman–Crippen MR) is 53.3 cm³/mol. The molecule has 0 aromatic heterocycles. The SMILES string of the molecule is C1=CC(C2=CSCCC2)OCC1. The molecule has 2 heteroatoms. The third-order valence-corrected chi connectivity index (χ3v) is 3.21. The van der Waals surface area contributed by atoms with Crippen molar-refractivity contribution in [2.24, 2.45) is 0 Å². The van der Waals surface area contributed by atoms with Crippen LogP contribution in [-0.2, 0) is 4.74 Å². The van der Waals surface area contributed by atoms with Crippen molar-refractivity contribution in [3.63, 3.8) is 0 Å². The summed E-state index contributed by atoms with van der Waals surface area (Å²) in [5.74, 6) is 1.28. The van der Waals surface area contributed by atoms with Crippen molar-refractivity contribution in [2.75, 3.05) is 12.4 Å². The van der Waals surface area contributed by atoms with Gasteiger partial charge in [-0.05, 0) is 36.0 Å². The molecule has 0 spiro atoms. The summed E-state index contributed by atoms with van der Waals surface area (Å²) in [6, 6.07) is 0. The molecule has 0 radical (unpaired) electrons. The van der Waals surface area contributed by atoms with E-state index in [1.54, 1.807) is 0 Å². The van der Waals surface area contributed by atoms with E-state index in [9.17, 15) is 0 Å². The second-order valence-corrected chi connectivity index (χ2v) is 4.15. The lowest BCUT2D eigenvalue weighted by Gasteiger charge is -2.22. The second kappa shape index (κ2) is 4.15. The van der Waals surface area contributed by atoms with Gasteiger partial charge in [0.2, 0.25) is 0 Å². The van der Waals surface area contributed by atoms with Crippen LogP contribution >= 0.6 is 11.8 Å². The van der Waals surface area contributed by atoms with Gasteiger partial charge in [0, 0.05) is 0 Å². The van der Waals surface area contributed by atoms with Crippen molar-refractivity contribution in [1.82, 2.24) is 0 Å². The minimum absolute atomic E-state index is 0.298. The van der Waals surface area contributed by atoms with Gasteiger partial charge in [-0.25, -0.2) is 0 Å². The average molecular weight is 182 g/mol. The largest absolute Gasteiger partial charge is 0.369 e. The topological polar surface area (TPSA) is 9.23 Å². The maximum Gasteiger partial charge on any atom is 0.0974 e. The number of hydrogen-bond acceptors (Lipinski definition) is 2. The maximum atomic E-state index is 5.65. The molecule has 1 unspecified atom stereocenters. The average Bonchev–Trinajstić information content (AvgIpc) is 2.21. The Labute approximate surface area is 77.9 Å². The van der Waals surface area contributed by atoms with E-state index in [-0.39, 0.29) is 0 Å². The molecule has 0 amide bonds. The summed E-state index contributed by atoms with van der Waals surface area (Å²) >= 11 is 1.92. The fourth-order valence-corrected chi connectivity index (χ4v) is 2.46. The zero-order valence-corrected chi connectivity index (χ0v) is 7.98. The molecule has 2 heterocycles. The minimum atomic E-state index is 0.298. The van der Waals surface area contributed by atoms with E-state index >= 15 is 0 Å². The third kappa shape index (κ3) is 1.93. The summed E-state index contributed by atoms with van der Waals surface area (Å²) in [6.07, 6.45) is 8.34. The van der Waals surface area contributed by atoms with E-state index in [1.807, 2.05) is 11.8 Å². The Hall–Kier alpha value is -0.210. The molecular formula is C10H14OS. The summed E-state index contributed by atoms with van der Waals surface area (Å²) in [4.78, 5) is 0. The van der Waals surface area contributed by atoms with Crippen molar-refractivity contribution in [3.8, 4) is 0 Å². The summed E-state index contributed by atoms with van der Waals surface area (Å²) in [5.41, 5.74) is 1.47. The van der Waals surface area contributed by atoms with Crippen molar-refractivity contribution < 1.29 is 4.74 Å². The van der Waals surface area contributed by atoms with Crippen LogP contribution in [0.5, 0.6) is 0 Å². The van der Waals surface area contributed by atoms with E-state index in [0.29, 0.717) is 6.10 Å². The van der Waals surface area contributed by atoms with Crippen LogP contribution in [0, 0.1) is 0 Å². The zero-order chi connectivity index (χ0) is 8.23. The molecule has 2 aliphatic rings. The highest BCUT2D eigenvalue weighted by atomic mass is 32.2. The monoisotopic (exact) mass is 182 g/mol. The van der Waals surface area contributed by atoms with Crippen LogP contribution in [-0.4, -0.2) is 18.5 Å². The van der Waals surface area contributed by atoms with E-state index in [4.69, 9.17) is 4.74 Å². The highest BCUT2D eigenvalue weighted by Crippen LogP contribution is 2.26. The summed E-state index contributed by atoms with van der Waals surface area (Å²) in [7, 11) is 0. The Balaban J connectivity index is 2.01. The van der Waals surface area contributed by atoms with Gasteiger partial charge in [-0.3, -0.25) is 0 Å². The number of thioether (sulfide) groups is 1. The highest BCUT2D eigenvalue weighted by Gasteiger charge is 2.15. The van der Waals surface area contributed by atoms with E-state index in [0.717, 1.165) is 13.0 Å².